The topological polar surface area (TPSA) is 52.7 Å². The number of nitrogens with zero attached hydrogens (tertiary/aromatic N) is 1. The minimum absolute atomic E-state index is 0.0336. The molecule has 1 unspecified atom stereocenters. The van der Waals surface area contributed by atoms with Gasteiger partial charge in [-0.1, -0.05) is 60.7 Å². The summed E-state index contributed by atoms with van der Waals surface area (Å²) >= 11 is 0. The predicted molar refractivity (Wildman–Crippen MR) is 128 cm³/mol. The zero-order chi connectivity index (χ0) is 22.7. The van der Waals surface area contributed by atoms with Crippen molar-refractivity contribution in [3.05, 3.63) is 120 Å². The number of H-pyrrole nitrogens is 1. The first-order chi connectivity index (χ1) is 16.1. The van der Waals surface area contributed by atoms with Crippen LogP contribution >= 0.6 is 0 Å². The van der Waals surface area contributed by atoms with Gasteiger partial charge in [-0.15, -0.1) is 0 Å². The fourth-order valence-electron chi connectivity index (χ4n) is 4.32. The predicted octanol–water partition coefficient (Wildman–Crippen LogP) is 6.18. The van der Waals surface area contributed by atoms with Gasteiger partial charge in [0.05, 0.1) is 11.2 Å². The smallest absolute Gasteiger partial charge is 0.147 e. The van der Waals surface area contributed by atoms with Crippen LogP contribution < -0.4 is 10.6 Å². The van der Waals surface area contributed by atoms with Crippen molar-refractivity contribution in [2.24, 2.45) is 0 Å². The summed E-state index contributed by atoms with van der Waals surface area (Å²) in [5, 5.41) is 7.17. The molecule has 5 rings (SSSR count). The highest BCUT2D eigenvalue weighted by atomic mass is 19.1. The molecule has 2 heterocycles. The summed E-state index contributed by atoms with van der Waals surface area (Å²) in [6.07, 6.45) is 5.37. The summed E-state index contributed by atoms with van der Waals surface area (Å²) in [6.45, 7) is 0.502. The molecule has 0 amide bonds. The lowest BCUT2D eigenvalue weighted by Gasteiger charge is -2.35. The number of pyridine rings is 1. The van der Waals surface area contributed by atoms with Crippen LogP contribution in [0.3, 0.4) is 0 Å². The fraction of sp³-hybridized carbons (Fsp3) is 0.148. The SMILES string of the molecule is FC1=CC(Cc2ccccc2)(NCc2ccccc2)CC(F)=C1Nc1ccnc2[nH]ccc12. The summed E-state index contributed by atoms with van der Waals surface area (Å²) in [7, 11) is 0. The fourth-order valence-corrected chi connectivity index (χ4v) is 4.32. The van der Waals surface area contributed by atoms with Crippen LogP contribution in [0.25, 0.3) is 11.0 Å². The Morgan fingerprint density at radius 3 is 2.36 bits per heavy atom. The van der Waals surface area contributed by atoms with Crippen molar-refractivity contribution < 1.29 is 8.78 Å². The lowest BCUT2D eigenvalue weighted by molar-refractivity contribution is 0.344. The molecular formula is C27H24F2N4. The second-order valence-electron chi connectivity index (χ2n) is 8.33. The molecule has 1 aliphatic carbocycles. The van der Waals surface area contributed by atoms with Crippen LogP contribution in [-0.4, -0.2) is 15.5 Å². The summed E-state index contributed by atoms with van der Waals surface area (Å²) in [5.41, 5.74) is 2.30. The van der Waals surface area contributed by atoms with Gasteiger partial charge < -0.3 is 15.6 Å². The molecule has 6 heteroatoms. The number of rotatable bonds is 7. The molecule has 0 bridgehead atoms. The Morgan fingerprint density at radius 1 is 0.909 bits per heavy atom. The zero-order valence-corrected chi connectivity index (χ0v) is 18.0. The molecule has 0 spiro atoms. The highest BCUT2D eigenvalue weighted by molar-refractivity contribution is 5.90. The largest absolute Gasteiger partial charge is 0.350 e. The third-order valence-corrected chi connectivity index (χ3v) is 5.95. The highest BCUT2D eigenvalue weighted by Gasteiger charge is 2.36. The second-order valence-corrected chi connectivity index (χ2v) is 8.33. The van der Waals surface area contributed by atoms with E-state index in [9.17, 15) is 0 Å². The number of halogens is 2. The first-order valence-corrected chi connectivity index (χ1v) is 10.9. The van der Waals surface area contributed by atoms with Crippen molar-refractivity contribution in [2.45, 2.75) is 24.9 Å². The third-order valence-electron chi connectivity index (χ3n) is 5.95. The van der Waals surface area contributed by atoms with Gasteiger partial charge in [0.15, 0.2) is 0 Å². The van der Waals surface area contributed by atoms with Crippen LogP contribution in [0, 0.1) is 0 Å². The van der Waals surface area contributed by atoms with Crippen molar-refractivity contribution in [3.8, 4) is 0 Å². The first-order valence-electron chi connectivity index (χ1n) is 10.9. The highest BCUT2D eigenvalue weighted by Crippen LogP contribution is 2.37. The Kier molecular flexibility index (Phi) is 5.75. The molecule has 0 saturated heterocycles. The number of anilines is 1. The van der Waals surface area contributed by atoms with E-state index in [1.165, 1.54) is 6.08 Å². The number of aromatic nitrogens is 2. The standard InChI is InChI=1S/C27H24F2N4/c28-22-16-27(15-19-7-3-1-4-8-19,32-18-20-9-5-2-6-10-20)17-23(29)25(22)33-24-12-14-31-26-21(24)11-13-30-26/h1-14,16,32H,15,17-18H2,(H2,30,31,33). The van der Waals surface area contributed by atoms with E-state index in [1.54, 1.807) is 18.5 Å². The Balaban J connectivity index is 1.45. The van der Waals surface area contributed by atoms with Gasteiger partial charge >= 0.3 is 0 Å². The van der Waals surface area contributed by atoms with Gasteiger partial charge in [0.1, 0.15) is 23.0 Å². The van der Waals surface area contributed by atoms with Crippen molar-refractivity contribution in [2.75, 3.05) is 5.32 Å². The van der Waals surface area contributed by atoms with Crippen LogP contribution in [0.5, 0.6) is 0 Å². The van der Waals surface area contributed by atoms with Gasteiger partial charge in [-0.2, -0.15) is 0 Å². The van der Waals surface area contributed by atoms with E-state index in [4.69, 9.17) is 0 Å². The van der Waals surface area contributed by atoms with E-state index < -0.39 is 17.2 Å². The number of hydrogen-bond donors (Lipinski definition) is 3. The van der Waals surface area contributed by atoms with Crippen molar-refractivity contribution in [3.63, 3.8) is 0 Å². The number of hydrogen-bond acceptors (Lipinski definition) is 3. The summed E-state index contributed by atoms with van der Waals surface area (Å²) < 4.78 is 31.0. The Morgan fingerprint density at radius 2 is 1.64 bits per heavy atom. The summed E-state index contributed by atoms with van der Waals surface area (Å²) in [6, 6.07) is 23.2. The van der Waals surface area contributed by atoms with Crippen LogP contribution in [0.1, 0.15) is 17.5 Å². The first kappa shape index (κ1) is 21.1. The van der Waals surface area contributed by atoms with Gasteiger partial charge in [0.25, 0.3) is 0 Å². The Labute approximate surface area is 191 Å². The molecule has 0 fully saturated rings. The molecule has 166 valence electrons. The minimum atomic E-state index is -0.891. The number of fused-ring (bicyclic) bond motifs is 1. The van der Waals surface area contributed by atoms with Gasteiger partial charge in [-0.3, -0.25) is 0 Å². The van der Waals surface area contributed by atoms with Crippen LogP contribution in [0.2, 0.25) is 0 Å². The maximum absolute atomic E-state index is 15.5. The average molecular weight is 443 g/mol. The van der Waals surface area contributed by atoms with E-state index in [0.717, 1.165) is 16.5 Å². The molecule has 4 nitrogen and oxygen atoms in total. The maximum atomic E-state index is 15.5. The second kappa shape index (κ2) is 9.00. The monoisotopic (exact) mass is 442 g/mol. The Bertz CT molecular complexity index is 1310. The lowest BCUT2D eigenvalue weighted by Crippen LogP contribution is -2.47. The van der Waals surface area contributed by atoms with E-state index in [1.807, 2.05) is 66.7 Å². The van der Waals surface area contributed by atoms with Crippen molar-refractivity contribution in [1.29, 1.82) is 0 Å². The lowest BCUT2D eigenvalue weighted by atomic mass is 9.82. The van der Waals surface area contributed by atoms with E-state index in [-0.39, 0.29) is 12.1 Å². The molecule has 2 aromatic heterocycles. The number of nitrogens with one attached hydrogen (secondary N) is 3. The molecule has 1 aliphatic rings. The van der Waals surface area contributed by atoms with Crippen LogP contribution in [0.4, 0.5) is 14.5 Å². The molecule has 2 aromatic carbocycles. The summed E-state index contributed by atoms with van der Waals surface area (Å²) in [5.74, 6) is -1.14. The molecular weight excluding hydrogens is 418 g/mol. The zero-order valence-electron chi connectivity index (χ0n) is 18.0. The minimum Gasteiger partial charge on any atom is -0.350 e. The maximum Gasteiger partial charge on any atom is 0.147 e. The van der Waals surface area contributed by atoms with E-state index in [2.05, 4.69) is 20.6 Å². The van der Waals surface area contributed by atoms with Gasteiger partial charge in [-0.25, -0.2) is 13.8 Å². The van der Waals surface area contributed by atoms with Crippen LogP contribution in [0.15, 0.2) is 109 Å². The molecule has 33 heavy (non-hydrogen) atoms. The van der Waals surface area contributed by atoms with E-state index >= 15 is 8.78 Å². The number of benzene rings is 2. The third kappa shape index (κ3) is 4.56. The average Bonchev–Trinajstić information content (AvgIpc) is 3.31. The van der Waals surface area contributed by atoms with Crippen molar-refractivity contribution in [1.82, 2.24) is 15.3 Å². The van der Waals surface area contributed by atoms with Gasteiger partial charge in [0, 0.05) is 30.7 Å². The van der Waals surface area contributed by atoms with Crippen molar-refractivity contribution >= 4 is 16.7 Å². The van der Waals surface area contributed by atoms with Gasteiger partial charge in [0.2, 0.25) is 0 Å². The summed E-state index contributed by atoms with van der Waals surface area (Å²) in [4.78, 5) is 7.25. The molecule has 3 N–H and O–H groups in total. The van der Waals surface area contributed by atoms with Gasteiger partial charge in [-0.05, 0) is 35.8 Å². The Hall–Kier alpha value is -3.77. The molecule has 0 saturated carbocycles. The molecule has 4 aromatic rings. The molecule has 1 atom stereocenters. The number of aromatic amines is 1. The quantitative estimate of drug-likeness (QED) is 0.320. The molecule has 0 aliphatic heterocycles. The number of allylic oxidation sites excluding steroid dienone is 1. The normalized spacial score (nSPS) is 18.4. The molecule has 0 radical (unpaired) electrons. The van der Waals surface area contributed by atoms with E-state index in [0.29, 0.717) is 24.3 Å². The van der Waals surface area contributed by atoms with Crippen LogP contribution in [-0.2, 0) is 13.0 Å².